The molecule has 56 heavy (non-hydrogen) atoms. The fourth-order valence-electron chi connectivity index (χ4n) is 7.17. The molecule has 4 aromatic carbocycles. The fourth-order valence-corrected chi connectivity index (χ4v) is 7.54. The van der Waals surface area contributed by atoms with Gasteiger partial charge in [0.15, 0.2) is 0 Å². The van der Waals surface area contributed by atoms with E-state index in [0.717, 1.165) is 22.4 Å². The first-order valence-corrected chi connectivity index (χ1v) is 19.3. The molecule has 0 unspecified atom stereocenters. The summed E-state index contributed by atoms with van der Waals surface area (Å²) < 4.78 is 29.8. The molecular weight excluding hydrogens is 767 g/mol. The average Bonchev–Trinajstić information content (AvgIpc) is 3.20. The minimum Gasteiger partial charge on any atom is -0.494 e. The number of hydrogen-bond donors (Lipinski definition) is 7. The van der Waals surface area contributed by atoms with Crippen molar-refractivity contribution in [1.29, 1.82) is 0 Å². The molecule has 12 nitrogen and oxygen atoms in total. The number of aliphatic hydroxyl groups excluding tert-OH is 7. The van der Waals surface area contributed by atoms with Gasteiger partial charge in [0.25, 0.3) is 0 Å². The van der Waals surface area contributed by atoms with Crippen LogP contribution in [0.15, 0.2) is 84.9 Å². The molecule has 10 atom stereocenters. The Morgan fingerprint density at radius 3 is 1.71 bits per heavy atom. The summed E-state index contributed by atoms with van der Waals surface area (Å²) in [6, 6.07) is 24.8. The Balaban J connectivity index is 1.28. The van der Waals surface area contributed by atoms with Crippen LogP contribution in [0.5, 0.6) is 11.5 Å². The Bertz CT molecular complexity index is 1890. The van der Waals surface area contributed by atoms with E-state index < -0.39 is 73.9 Å². The molecule has 0 aromatic heterocycles. The van der Waals surface area contributed by atoms with Crippen LogP contribution >= 0.6 is 23.2 Å². The van der Waals surface area contributed by atoms with Gasteiger partial charge in [-0.15, -0.1) is 0 Å². The van der Waals surface area contributed by atoms with E-state index in [0.29, 0.717) is 53.0 Å². The lowest BCUT2D eigenvalue weighted by molar-refractivity contribution is -0.381. The van der Waals surface area contributed by atoms with Crippen molar-refractivity contribution in [1.82, 2.24) is 0 Å². The molecule has 14 heteroatoms. The Morgan fingerprint density at radius 2 is 1.16 bits per heavy atom. The molecule has 2 heterocycles. The Morgan fingerprint density at radius 1 is 0.625 bits per heavy atom. The van der Waals surface area contributed by atoms with Crippen molar-refractivity contribution in [3.05, 3.63) is 128 Å². The molecule has 0 spiro atoms. The second-order valence-electron chi connectivity index (χ2n) is 14.0. The Hall–Kier alpha value is -3.34. The molecule has 7 N–H and O–H groups in total. The number of ether oxygens (including phenoxy) is 5. The van der Waals surface area contributed by atoms with E-state index in [4.69, 9.17) is 46.9 Å². The van der Waals surface area contributed by atoms with Gasteiger partial charge in [-0.25, -0.2) is 0 Å². The zero-order valence-electron chi connectivity index (χ0n) is 30.9. The molecule has 0 saturated carbocycles. The van der Waals surface area contributed by atoms with Crippen molar-refractivity contribution in [3.8, 4) is 11.5 Å². The predicted molar refractivity (Wildman–Crippen MR) is 207 cm³/mol. The third-order valence-corrected chi connectivity index (χ3v) is 11.0. The van der Waals surface area contributed by atoms with Gasteiger partial charge in [0.2, 0.25) is 5.79 Å². The van der Waals surface area contributed by atoms with Crippen LogP contribution in [-0.4, -0.2) is 111 Å². The predicted octanol–water partition coefficient (Wildman–Crippen LogP) is 3.84. The van der Waals surface area contributed by atoms with Crippen LogP contribution in [0, 0.1) is 0 Å². The summed E-state index contributed by atoms with van der Waals surface area (Å²) in [4.78, 5) is 0. The number of hydrogen-bond acceptors (Lipinski definition) is 12. The quantitative estimate of drug-likeness (QED) is 0.0977. The van der Waals surface area contributed by atoms with Crippen molar-refractivity contribution >= 4 is 23.2 Å². The maximum Gasteiger partial charge on any atom is 0.225 e. The van der Waals surface area contributed by atoms with Gasteiger partial charge in [-0.05, 0) is 97.0 Å². The van der Waals surface area contributed by atoms with E-state index in [-0.39, 0.29) is 5.56 Å². The van der Waals surface area contributed by atoms with Gasteiger partial charge in [-0.1, -0.05) is 65.7 Å². The van der Waals surface area contributed by atoms with Crippen LogP contribution in [0.4, 0.5) is 0 Å². The highest BCUT2D eigenvalue weighted by atomic mass is 35.5. The molecule has 2 fully saturated rings. The highest BCUT2D eigenvalue weighted by Crippen LogP contribution is 2.43. The molecule has 2 aliphatic rings. The standard InChI is InChI=1S/C42H48Cl2O12/c1-3-52-29-11-5-23(6-12-29)17-26-19-25(9-15-31(26)43)40-38(49)37(48)36(47)34(55-40)22-54-42(41(51)39(50)35(46)33(21-45)56-42)28-10-16-32(44)27(20-28)18-24-7-13-30(14-8-24)53-4-2/h5-16,19-20,33-41,45-51H,3-4,17-18,21-22H2,1-2H3/t33-,34-,35-,36-,37+,38-,39+,40+,41-,42-/m1/s1. The summed E-state index contributed by atoms with van der Waals surface area (Å²) in [7, 11) is 0. The Kier molecular flexibility index (Phi) is 14.0. The summed E-state index contributed by atoms with van der Waals surface area (Å²) in [6.45, 7) is 3.56. The van der Waals surface area contributed by atoms with E-state index in [2.05, 4.69) is 0 Å². The number of aliphatic hydroxyl groups is 7. The lowest BCUT2D eigenvalue weighted by atomic mass is 9.86. The zero-order chi connectivity index (χ0) is 40.1. The maximum absolute atomic E-state index is 11.6. The normalized spacial score (nSPS) is 29.2. The lowest BCUT2D eigenvalue weighted by Gasteiger charge is -2.49. The summed E-state index contributed by atoms with van der Waals surface area (Å²) in [5.41, 5.74) is 3.82. The SMILES string of the molecule is CCOc1ccc(Cc2cc([C@@H]3O[C@H](CO[C@]4(c5ccc(Cl)c(Cc6ccc(OCC)cc6)c5)O[C@H](CO)[C@@H](O)[C@H](O)[C@H]4O)[C@@H](O)[C@H](O)[C@H]3O)ccc2Cl)cc1. The first-order chi connectivity index (χ1) is 26.9. The van der Waals surface area contributed by atoms with Gasteiger partial charge in [-0.3, -0.25) is 0 Å². The van der Waals surface area contributed by atoms with Crippen LogP contribution < -0.4 is 9.47 Å². The summed E-state index contributed by atoms with van der Waals surface area (Å²) in [5.74, 6) is -0.798. The van der Waals surface area contributed by atoms with Crippen molar-refractivity contribution in [2.45, 2.75) is 87.4 Å². The van der Waals surface area contributed by atoms with Gasteiger partial charge in [0, 0.05) is 15.6 Å². The van der Waals surface area contributed by atoms with Crippen molar-refractivity contribution in [3.63, 3.8) is 0 Å². The first kappa shape index (κ1) is 42.3. The minimum absolute atomic E-state index is 0.179. The average molecular weight is 816 g/mol. The smallest absolute Gasteiger partial charge is 0.225 e. The number of halogens is 2. The molecule has 0 bridgehead atoms. The fraction of sp³-hybridized carbons (Fsp3) is 0.429. The molecule has 4 aromatic rings. The van der Waals surface area contributed by atoms with Crippen LogP contribution in [0.3, 0.4) is 0 Å². The summed E-state index contributed by atoms with van der Waals surface area (Å²) in [5, 5.41) is 77.7. The second kappa shape index (κ2) is 18.5. The van der Waals surface area contributed by atoms with E-state index in [1.54, 1.807) is 30.3 Å². The molecular formula is C42H48Cl2O12. The summed E-state index contributed by atoms with van der Waals surface area (Å²) in [6.07, 6.45) is -13.4. The highest BCUT2D eigenvalue weighted by Gasteiger charge is 2.56. The molecule has 2 saturated heterocycles. The van der Waals surface area contributed by atoms with Gasteiger partial charge >= 0.3 is 0 Å². The monoisotopic (exact) mass is 814 g/mol. The van der Waals surface area contributed by atoms with E-state index in [1.165, 1.54) is 6.07 Å². The van der Waals surface area contributed by atoms with Crippen LogP contribution in [0.2, 0.25) is 10.0 Å². The third kappa shape index (κ3) is 9.02. The number of rotatable bonds is 14. The molecule has 302 valence electrons. The van der Waals surface area contributed by atoms with E-state index >= 15 is 0 Å². The third-order valence-electron chi connectivity index (χ3n) is 10.2. The summed E-state index contributed by atoms with van der Waals surface area (Å²) >= 11 is 13.2. The molecule has 0 radical (unpaired) electrons. The van der Waals surface area contributed by atoms with Crippen LogP contribution in [0.25, 0.3) is 0 Å². The van der Waals surface area contributed by atoms with E-state index in [1.807, 2.05) is 62.4 Å². The van der Waals surface area contributed by atoms with Gasteiger partial charge in [0.05, 0.1) is 26.4 Å². The van der Waals surface area contributed by atoms with Gasteiger partial charge in [0.1, 0.15) is 66.4 Å². The molecule has 0 amide bonds. The maximum atomic E-state index is 11.6. The van der Waals surface area contributed by atoms with Crippen molar-refractivity contribution < 1.29 is 59.4 Å². The Labute approximate surface area is 335 Å². The van der Waals surface area contributed by atoms with E-state index in [9.17, 15) is 35.7 Å². The van der Waals surface area contributed by atoms with Gasteiger partial charge in [-0.2, -0.15) is 0 Å². The van der Waals surface area contributed by atoms with Gasteiger partial charge < -0.3 is 59.4 Å². The first-order valence-electron chi connectivity index (χ1n) is 18.6. The molecule has 0 aliphatic carbocycles. The van der Waals surface area contributed by atoms with Crippen LogP contribution in [-0.2, 0) is 32.8 Å². The minimum atomic E-state index is -2.24. The topological polar surface area (TPSA) is 188 Å². The highest BCUT2D eigenvalue weighted by molar-refractivity contribution is 6.31. The second-order valence-corrected chi connectivity index (χ2v) is 14.8. The largest absolute Gasteiger partial charge is 0.494 e. The zero-order valence-corrected chi connectivity index (χ0v) is 32.5. The lowest BCUT2D eigenvalue weighted by Crippen LogP contribution is -2.65. The van der Waals surface area contributed by atoms with Crippen molar-refractivity contribution in [2.24, 2.45) is 0 Å². The molecule has 6 rings (SSSR count). The van der Waals surface area contributed by atoms with Crippen molar-refractivity contribution in [2.75, 3.05) is 26.4 Å². The molecule has 2 aliphatic heterocycles. The number of benzene rings is 4. The van der Waals surface area contributed by atoms with Crippen LogP contribution in [0.1, 0.15) is 53.3 Å².